The largest absolute Gasteiger partial charge is 0.376 e. The zero-order valence-corrected chi connectivity index (χ0v) is 13.0. The zero-order valence-electron chi connectivity index (χ0n) is 13.0. The molecule has 7 nitrogen and oxygen atoms in total. The predicted molar refractivity (Wildman–Crippen MR) is 86.3 cm³/mol. The number of hydrogen-bond donors (Lipinski definition) is 1. The molecule has 1 N–H and O–H groups in total. The van der Waals surface area contributed by atoms with Gasteiger partial charge in [-0.15, -0.1) is 0 Å². The van der Waals surface area contributed by atoms with Crippen molar-refractivity contribution in [3.63, 3.8) is 0 Å². The smallest absolute Gasteiger partial charge is 0.137 e. The van der Waals surface area contributed by atoms with Crippen molar-refractivity contribution in [2.45, 2.75) is 31.9 Å². The number of fused-ring (bicyclic) bond motifs is 1. The van der Waals surface area contributed by atoms with Crippen molar-refractivity contribution >= 4 is 11.6 Å². The first-order valence-corrected chi connectivity index (χ1v) is 8.08. The Morgan fingerprint density at radius 1 is 1.13 bits per heavy atom. The van der Waals surface area contributed by atoms with Gasteiger partial charge in [0.1, 0.15) is 24.3 Å². The SMILES string of the molecule is c1cc(NC2CCN(c3ncnc4c3COCC4)CC2)ncn1. The molecule has 2 aromatic heterocycles. The van der Waals surface area contributed by atoms with Crippen molar-refractivity contribution in [2.24, 2.45) is 0 Å². The zero-order chi connectivity index (χ0) is 15.5. The second kappa shape index (κ2) is 6.45. The van der Waals surface area contributed by atoms with Gasteiger partial charge in [0.25, 0.3) is 0 Å². The van der Waals surface area contributed by atoms with Gasteiger partial charge in [0.05, 0.1) is 18.9 Å². The molecule has 0 unspecified atom stereocenters. The Labute approximate surface area is 135 Å². The van der Waals surface area contributed by atoms with Crippen LogP contribution in [0.25, 0.3) is 0 Å². The van der Waals surface area contributed by atoms with E-state index >= 15 is 0 Å². The van der Waals surface area contributed by atoms with E-state index in [1.807, 2.05) is 6.07 Å². The van der Waals surface area contributed by atoms with E-state index in [0.29, 0.717) is 12.6 Å². The molecule has 0 saturated carbocycles. The van der Waals surface area contributed by atoms with Gasteiger partial charge in [0.15, 0.2) is 0 Å². The van der Waals surface area contributed by atoms with Crippen LogP contribution in [0.1, 0.15) is 24.1 Å². The maximum Gasteiger partial charge on any atom is 0.137 e. The molecule has 2 aliphatic rings. The summed E-state index contributed by atoms with van der Waals surface area (Å²) >= 11 is 0. The third kappa shape index (κ3) is 3.10. The molecule has 1 saturated heterocycles. The molecule has 2 aromatic rings. The van der Waals surface area contributed by atoms with Crippen molar-refractivity contribution in [3.8, 4) is 0 Å². The van der Waals surface area contributed by atoms with E-state index in [-0.39, 0.29) is 0 Å². The average Bonchev–Trinajstić information content (AvgIpc) is 2.63. The molecule has 4 heterocycles. The second-order valence-corrected chi connectivity index (χ2v) is 5.93. The maximum atomic E-state index is 5.59. The summed E-state index contributed by atoms with van der Waals surface area (Å²) in [5.41, 5.74) is 2.31. The molecule has 4 rings (SSSR count). The quantitative estimate of drug-likeness (QED) is 0.918. The van der Waals surface area contributed by atoms with E-state index in [2.05, 4.69) is 30.2 Å². The summed E-state index contributed by atoms with van der Waals surface area (Å²) in [5, 5.41) is 3.48. The van der Waals surface area contributed by atoms with Gasteiger partial charge in [-0.05, 0) is 18.9 Å². The van der Waals surface area contributed by atoms with Crippen molar-refractivity contribution in [2.75, 3.05) is 29.9 Å². The van der Waals surface area contributed by atoms with Crippen molar-refractivity contribution in [1.29, 1.82) is 0 Å². The molecule has 0 atom stereocenters. The summed E-state index contributed by atoms with van der Waals surface area (Å²) in [6.07, 6.45) is 8.02. The highest BCUT2D eigenvalue weighted by molar-refractivity contribution is 5.49. The first-order chi connectivity index (χ1) is 11.4. The average molecular weight is 312 g/mol. The highest BCUT2D eigenvalue weighted by Crippen LogP contribution is 2.27. The van der Waals surface area contributed by atoms with Gasteiger partial charge in [-0.2, -0.15) is 0 Å². The minimum Gasteiger partial charge on any atom is -0.376 e. The summed E-state index contributed by atoms with van der Waals surface area (Å²) in [5.74, 6) is 1.95. The lowest BCUT2D eigenvalue weighted by Gasteiger charge is -2.35. The van der Waals surface area contributed by atoms with Crippen LogP contribution in [0.4, 0.5) is 11.6 Å². The number of piperidine rings is 1. The lowest BCUT2D eigenvalue weighted by atomic mass is 10.0. The molecule has 0 bridgehead atoms. The van der Waals surface area contributed by atoms with E-state index in [0.717, 1.165) is 56.3 Å². The maximum absolute atomic E-state index is 5.59. The van der Waals surface area contributed by atoms with E-state index in [9.17, 15) is 0 Å². The van der Waals surface area contributed by atoms with Gasteiger partial charge in [-0.1, -0.05) is 0 Å². The topological polar surface area (TPSA) is 76.1 Å². The van der Waals surface area contributed by atoms with Crippen LogP contribution in [-0.4, -0.2) is 45.7 Å². The van der Waals surface area contributed by atoms with E-state index in [1.54, 1.807) is 18.9 Å². The molecular formula is C16H20N6O. The number of aromatic nitrogens is 4. The van der Waals surface area contributed by atoms with Gasteiger partial charge in [-0.25, -0.2) is 19.9 Å². The molecule has 2 aliphatic heterocycles. The van der Waals surface area contributed by atoms with Crippen molar-refractivity contribution < 1.29 is 4.74 Å². The first-order valence-electron chi connectivity index (χ1n) is 8.08. The minimum absolute atomic E-state index is 0.440. The molecule has 0 amide bonds. The van der Waals surface area contributed by atoms with E-state index in [4.69, 9.17) is 4.74 Å². The number of rotatable bonds is 3. The van der Waals surface area contributed by atoms with Crippen LogP contribution in [0.5, 0.6) is 0 Å². The molecule has 0 aliphatic carbocycles. The first kappa shape index (κ1) is 14.3. The molecule has 7 heteroatoms. The Morgan fingerprint density at radius 2 is 2.04 bits per heavy atom. The lowest BCUT2D eigenvalue weighted by molar-refractivity contribution is 0.109. The molecule has 0 aromatic carbocycles. The number of ether oxygens (including phenoxy) is 1. The van der Waals surface area contributed by atoms with Crippen LogP contribution in [0, 0.1) is 0 Å². The Bertz CT molecular complexity index is 657. The van der Waals surface area contributed by atoms with Crippen molar-refractivity contribution in [1.82, 2.24) is 19.9 Å². The fraction of sp³-hybridized carbons (Fsp3) is 0.500. The standard InChI is InChI=1S/C16H20N6O/c1-5-17-10-19-15(1)21-12-2-6-22(7-3-12)16-13-9-23-8-4-14(13)18-11-20-16/h1,5,10-12H,2-4,6-9H2,(H,17,19,21). The summed E-state index contributed by atoms with van der Waals surface area (Å²) in [7, 11) is 0. The van der Waals surface area contributed by atoms with Gasteiger partial charge in [-0.3, -0.25) is 0 Å². The molecule has 120 valence electrons. The molecule has 0 radical (unpaired) electrons. The third-order valence-electron chi connectivity index (χ3n) is 4.47. The number of nitrogens with zero attached hydrogens (tertiary/aromatic N) is 5. The van der Waals surface area contributed by atoms with Gasteiger partial charge >= 0.3 is 0 Å². The molecule has 1 fully saturated rings. The van der Waals surface area contributed by atoms with Crippen LogP contribution in [0.2, 0.25) is 0 Å². The van der Waals surface area contributed by atoms with Crippen LogP contribution < -0.4 is 10.2 Å². The third-order valence-corrected chi connectivity index (χ3v) is 4.47. The fourth-order valence-electron chi connectivity index (χ4n) is 3.24. The van der Waals surface area contributed by atoms with Crippen LogP contribution in [-0.2, 0) is 17.8 Å². The van der Waals surface area contributed by atoms with Crippen LogP contribution in [0.15, 0.2) is 24.9 Å². The number of nitrogens with one attached hydrogen (secondary N) is 1. The van der Waals surface area contributed by atoms with Gasteiger partial charge in [0.2, 0.25) is 0 Å². The predicted octanol–water partition coefficient (Wildman–Crippen LogP) is 1.42. The lowest BCUT2D eigenvalue weighted by Crippen LogP contribution is -2.40. The number of hydrogen-bond acceptors (Lipinski definition) is 7. The highest BCUT2D eigenvalue weighted by Gasteiger charge is 2.24. The molecular weight excluding hydrogens is 292 g/mol. The normalized spacial score (nSPS) is 18.5. The fourth-order valence-corrected chi connectivity index (χ4v) is 3.24. The summed E-state index contributed by atoms with van der Waals surface area (Å²) in [4.78, 5) is 19.5. The summed E-state index contributed by atoms with van der Waals surface area (Å²) in [6, 6.07) is 2.35. The number of anilines is 2. The van der Waals surface area contributed by atoms with Gasteiger partial charge < -0.3 is 15.0 Å². The minimum atomic E-state index is 0.440. The van der Waals surface area contributed by atoms with Gasteiger partial charge in [0, 0.05) is 37.3 Å². The summed E-state index contributed by atoms with van der Waals surface area (Å²) < 4.78 is 5.59. The van der Waals surface area contributed by atoms with Crippen LogP contribution in [0.3, 0.4) is 0 Å². The van der Waals surface area contributed by atoms with E-state index < -0.39 is 0 Å². The molecule has 23 heavy (non-hydrogen) atoms. The Hall–Kier alpha value is -2.28. The molecule has 0 spiro atoms. The monoisotopic (exact) mass is 312 g/mol. The van der Waals surface area contributed by atoms with Crippen molar-refractivity contribution in [3.05, 3.63) is 36.2 Å². The van der Waals surface area contributed by atoms with Crippen LogP contribution >= 0.6 is 0 Å². The Balaban J connectivity index is 1.42. The highest BCUT2D eigenvalue weighted by atomic mass is 16.5. The van der Waals surface area contributed by atoms with E-state index in [1.165, 1.54) is 5.56 Å². The Kier molecular flexibility index (Phi) is 4.02. The summed E-state index contributed by atoms with van der Waals surface area (Å²) in [6.45, 7) is 3.34. The Morgan fingerprint density at radius 3 is 2.87 bits per heavy atom. The second-order valence-electron chi connectivity index (χ2n) is 5.93.